The van der Waals surface area contributed by atoms with Gasteiger partial charge in [0.1, 0.15) is 23.4 Å². The van der Waals surface area contributed by atoms with Crippen molar-refractivity contribution in [2.24, 2.45) is 0 Å². The molecule has 1 atom stereocenters. The maximum atomic E-state index is 14.3. The Balaban J connectivity index is 1.25. The van der Waals surface area contributed by atoms with Crippen molar-refractivity contribution in [2.45, 2.75) is 30.9 Å². The Morgan fingerprint density at radius 2 is 1.77 bits per heavy atom. The van der Waals surface area contributed by atoms with Gasteiger partial charge in [-0.05, 0) is 67.1 Å². The molecule has 0 bridgehead atoms. The van der Waals surface area contributed by atoms with E-state index in [1.165, 1.54) is 10.9 Å². The first kappa shape index (κ1) is 30.7. The quantitative estimate of drug-likeness (QED) is 0.214. The summed E-state index contributed by atoms with van der Waals surface area (Å²) in [4.78, 5) is 16.6. The molecule has 2 aliphatic rings. The number of nitrogen functional groups attached to an aromatic ring is 1. The Morgan fingerprint density at radius 3 is 2.49 bits per heavy atom. The number of carbonyl (C=O) groups is 1. The Bertz CT molecular complexity index is 2110. The molecule has 0 spiro atoms. The fourth-order valence-corrected chi connectivity index (χ4v) is 7.44. The zero-order valence-corrected chi connectivity index (χ0v) is 26.8. The minimum absolute atomic E-state index is 0.0197. The van der Waals surface area contributed by atoms with Gasteiger partial charge in [-0.3, -0.25) is 9.69 Å². The lowest BCUT2D eigenvalue weighted by Gasteiger charge is -2.26. The third-order valence-electron chi connectivity index (χ3n) is 8.49. The number of anilines is 1. The van der Waals surface area contributed by atoms with Crippen LogP contribution in [-0.2, 0) is 21.3 Å². The molecular formula is C36H35N5O5S. The number of aromatic nitrogens is 3. The van der Waals surface area contributed by atoms with Crippen LogP contribution in [0.2, 0.25) is 0 Å². The van der Waals surface area contributed by atoms with Gasteiger partial charge in [0.05, 0.1) is 41.1 Å². The fourth-order valence-electron chi connectivity index (χ4n) is 5.93. The fraction of sp³-hybridized carbons (Fsp3) is 0.222. The molecule has 1 aliphatic heterocycles. The first-order chi connectivity index (χ1) is 22.8. The molecule has 2 N–H and O–H groups in total. The van der Waals surface area contributed by atoms with E-state index in [1.54, 1.807) is 30.3 Å². The van der Waals surface area contributed by atoms with E-state index in [4.69, 9.17) is 15.2 Å². The summed E-state index contributed by atoms with van der Waals surface area (Å²) >= 11 is 0. The van der Waals surface area contributed by atoms with Crippen molar-refractivity contribution in [2.75, 3.05) is 32.0 Å². The largest absolute Gasteiger partial charge is 0.486 e. The third kappa shape index (κ3) is 6.12. The van der Waals surface area contributed by atoms with E-state index >= 15 is 0 Å². The molecule has 1 fully saturated rings. The zero-order valence-electron chi connectivity index (χ0n) is 26.0. The molecule has 5 aromatic rings. The minimum Gasteiger partial charge on any atom is -0.486 e. The summed E-state index contributed by atoms with van der Waals surface area (Å²) in [6.07, 6.45) is 10.1. The van der Waals surface area contributed by atoms with E-state index in [0.29, 0.717) is 42.1 Å². The zero-order chi connectivity index (χ0) is 32.5. The molecule has 3 aromatic carbocycles. The van der Waals surface area contributed by atoms with Gasteiger partial charge in [-0.25, -0.2) is 17.1 Å². The highest BCUT2D eigenvalue weighted by Crippen LogP contribution is 2.31. The van der Waals surface area contributed by atoms with Crippen LogP contribution in [0.15, 0.2) is 108 Å². The second-order valence-electron chi connectivity index (χ2n) is 11.8. The van der Waals surface area contributed by atoms with Crippen LogP contribution in [0.1, 0.15) is 33.6 Å². The Labute approximate surface area is 273 Å². The number of nitrogens with zero attached hydrogens (tertiary/aromatic N) is 4. The van der Waals surface area contributed by atoms with Crippen LogP contribution < -0.4 is 10.5 Å². The monoisotopic (exact) mass is 649 g/mol. The van der Waals surface area contributed by atoms with Gasteiger partial charge in [0, 0.05) is 31.4 Å². The average molecular weight is 650 g/mol. The van der Waals surface area contributed by atoms with Crippen molar-refractivity contribution in [1.82, 2.24) is 18.7 Å². The highest BCUT2D eigenvalue weighted by Gasteiger charge is 2.29. The van der Waals surface area contributed by atoms with Gasteiger partial charge >= 0.3 is 0 Å². The van der Waals surface area contributed by atoms with Crippen molar-refractivity contribution in [3.05, 3.63) is 126 Å². The first-order valence-corrected chi connectivity index (χ1v) is 17.0. The van der Waals surface area contributed by atoms with Gasteiger partial charge in [-0.1, -0.05) is 48.1 Å². The number of fused-ring (bicyclic) bond motifs is 1. The molecule has 11 heteroatoms. The molecule has 2 aromatic heterocycles. The van der Waals surface area contributed by atoms with Crippen LogP contribution in [0.5, 0.6) is 5.75 Å². The van der Waals surface area contributed by atoms with E-state index in [-0.39, 0.29) is 28.1 Å². The van der Waals surface area contributed by atoms with Crippen LogP contribution >= 0.6 is 0 Å². The highest BCUT2D eigenvalue weighted by molar-refractivity contribution is 7.90. The number of carbonyl (C=O) groups excluding carboxylic acids is 1. The number of benzene rings is 3. The number of morpholine rings is 1. The van der Waals surface area contributed by atoms with Gasteiger partial charge in [0.15, 0.2) is 0 Å². The molecular weight excluding hydrogens is 614 g/mol. The Hall–Kier alpha value is -4.97. The molecule has 1 saturated heterocycles. The summed E-state index contributed by atoms with van der Waals surface area (Å²) < 4.78 is 42.7. The van der Waals surface area contributed by atoms with Crippen molar-refractivity contribution < 1.29 is 22.7 Å². The summed E-state index contributed by atoms with van der Waals surface area (Å²) in [5.74, 6) is 0.244. The van der Waals surface area contributed by atoms with Crippen molar-refractivity contribution >= 4 is 32.5 Å². The number of ketones is 1. The summed E-state index contributed by atoms with van der Waals surface area (Å²) in [6, 6.07) is 21.2. The Kier molecular flexibility index (Phi) is 8.27. The number of allylic oxidation sites excluding steroid dienone is 2. The van der Waals surface area contributed by atoms with Gasteiger partial charge < -0.3 is 15.2 Å². The molecule has 3 heterocycles. The summed E-state index contributed by atoms with van der Waals surface area (Å²) in [6.45, 7) is 5.42. The van der Waals surface area contributed by atoms with Crippen LogP contribution in [0.3, 0.4) is 0 Å². The summed E-state index contributed by atoms with van der Waals surface area (Å²) in [7, 11) is -4.18. The predicted molar refractivity (Wildman–Crippen MR) is 181 cm³/mol. The smallest absolute Gasteiger partial charge is 0.268 e. The highest BCUT2D eigenvalue weighted by atomic mass is 32.2. The summed E-state index contributed by atoms with van der Waals surface area (Å²) in [5.41, 5.74) is 9.52. The molecule has 0 radical (unpaired) electrons. The van der Waals surface area contributed by atoms with E-state index in [2.05, 4.69) is 16.1 Å². The number of hydrogen-bond acceptors (Lipinski definition) is 8. The van der Waals surface area contributed by atoms with Crippen molar-refractivity contribution in [1.29, 1.82) is 0 Å². The first-order valence-electron chi connectivity index (χ1n) is 15.5. The Morgan fingerprint density at radius 1 is 1.00 bits per heavy atom. The lowest BCUT2D eigenvalue weighted by Crippen LogP contribution is -2.35. The van der Waals surface area contributed by atoms with Gasteiger partial charge in [-0.15, -0.1) is 0 Å². The maximum Gasteiger partial charge on any atom is 0.268 e. The number of aryl methyl sites for hydroxylation is 1. The average Bonchev–Trinajstić information content (AvgIpc) is 3.67. The number of rotatable bonds is 9. The minimum atomic E-state index is -4.18. The van der Waals surface area contributed by atoms with Crippen molar-refractivity contribution in [3.8, 4) is 11.4 Å². The molecule has 7 rings (SSSR count). The van der Waals surface area contributed by atoms with E-state index in [9.17, 15) is 13.2 Å². The molecule has 240 valence electrons. The molecule has 47 heavy (non-hydrogen) atoms. The molecule has 1 unspecified atom stereocenters. The summed E-state index contributed by atoms with van der Waals surface area (Å²) in [5, 5.41) is 5.03. The maximum absolute atomic E-state index is 14.3. The molecule has 0 amide bonds. The molecule has 0 saturated carbocycles. The third-order valence-corrected chi connectivity index (χ3v) is 10.2. The predicted octanol–water partition coefficient (Wildman–Crippen LogP) is 5.28. The number of nitrogens with two attached hydrogens (primary N) is 1. The van der Waals surface area contributed by atoms with Crippen LogP contribution in [0.4, 0.5) is 5.82 Å². The van der Waals surface area contributed by atoms with Crippen LogP contribution in [0.25, 0.3) is 16.6 Å². The standard InChI is InChI=1S/C36H35N5O5S/c1-25-7-15-31(16-8-25)47(43,44)41-33-21-26(24-39-17-19-45-20-18-39)9-10-27(33)22-34(41)35(42)32-23-38-40(36(32)37)28-11-13-30(14-12-28)46-29-5-3-2-4-6-29/h2-5,7-16,21-23,29H,6,17-20,24,37H2,1H3. The normalized spacial score (nSPS) is 16.9. The lowest BCUT2D eigenvalue weighted by atomic mass is 10.1. The van der Waals surface area contributed by atoms with Crippen molar-refractivity contribution in [3.63, 3.8) is 0 Å². The number of hydrogen-bond donors (Lipinski definition) is 1. The van der Waals surface area contributed by atoms with Gasteiger partial charge in [0.25, 0.3) is 10.0 Å². The van der Waals surface area contributed by atoms with E-state index in [0.717, 1.165) is 34.6 Å². The lowest BCUT2D eigenvalue weighted by molar-refractivity contribution is 0.0342. The van der Waals surface area contributed by atoms with Crippen LogP contribution in [0, 0.1) is 6.92 Å². The van der Waals surface area contributed by atoms with E-state index in [1.807, 2.05) is 67.6 Å². The van der Waals surface area contributed by atoms with Crippen LogP contribution in [-0.4, -0.2) is 65.3 Å². The van der Waals surface area contributed by atoms with E-state index < -0.39 is 15.8 Å². The molecule has 1 aliphatic carbocycles. The molecule has 10 nitrogen and oxygen atoms in total. The number of ether oxygens (including phenoxy) is 2. The van der Waals surface area contributed by atoms with Gasteiger partial charge in [-0.2, -0.15) is 5.10 Å². The second-order valence-corrected chi connectivity index (χ2v) is 13.6. The van der Waals surface area contributed by atoms with Gasteiger partial charge in [0.2, 0.25) is 5.78 Å². The second kappa shape index (κ2) is 12.7. The topological polar surface area (TPSA) is 122 Å². The SMILES string of the molecule is Cc1ccc(S(=O)(=O)n2c(C(=O)c3cnn(-c4ccc(OC5C=CC=CC5)cc4)c3N)cc3ccc(CN4CCOCC4)cc32)cc1.